The number of nitrogens with zero attached hydrogens (tertiary/aromatic N) is 1. The number of fused-ring (bicyclic) bond motifs is 1. The number of imidazole rings is 1. The van der Waals surface area contributed by atoms with Crippen molar-refractivity contribution in [1.29, 1.82) is 0 Å². The van der Waals surface area contributed by atoms with E-state index < -0.39 is 5.97 Å². The zero-order chi connectivity index (χ0) is 10.3. The third kappa shape index (κ3) is 1.49. The summed E-state index contributed by atoms with van der Waals surface area (Å²) in [5.74, 6) is -1.00. The molecule has 0 atom stereocenters. The number of hydrogen-bond donors (Lipinski definition) is 2. The van der Waals surface area contributed by atoms with Crippen molar-refractivity contribution in [3.05, 3.63) is 27.5 Å². The van der Waals surface area contributed by atoms with Crippen LogP contribution in [-0.2, 0) is 0 Å². The molecular formula is C8H4BrClN2O2. The topological polar surface area (TPSA) is 66.0 Å². The Kier molecular flexibility index (Phi) is 2.20. The zero-order valence-electron chi connectivity index (χ0n) is 6.71. The first-order chi connectivity index (χ1) is 6.58. The highest BCUT2D eigenvalue weighted by molar-refractivity contribution is 9.10. The molecule has 2 N–H and O–H groups in total. The first-order valence-corrected chi connectivity index (χ1v) is 4.83. The number of aromatic amines is 1. The molecule has 0 amide bonds. The maximum Gasteiger partial charge on any atom is 0.336 e. The number of nitrogens with one attached hydrogen (secondary N) is 1. The van der Waals surface area contributed by atoms with Crippen molar-refractivity contribution in [3.63, 3.8) is 0 Å². The van der Waals surface area contributed by atoms with Crippen LogP contribution in [0.5, 0.6) is 0 Å². The van der Waals surface area contributed by atoms with Crippen LogP contribution in [0.2, 0.25) is 5.28 Å². The molecule has 1 heterocycles. The molecule has 0 bridgehead atoms. The quantitative estimate of drug-likeness (QED) is 0.841. The number of carboxylic acid groups (broad SMARTS) is 1. The summed E-state index contributed by atoms with van der Waals surface area (Å²) in [4.78, 5) is 17.5. The molecule has 0 radical (unpaired) electrons. The van der Waals surface area contributed by atoms with Crippen LogP contribution < -0.4 is 0 Å². The van der Waals surface area contributed by atoms with Gasteiger partial charge < -0.3 is 10.1 Å². The van der Waals surface area contributed by atoms with Crippen molar-refractivity contribution in [2.24, 2.45) is 0 Å². The number of H-pyrrole nitrogens is 1. The second-order valence-electron chi connectivity index (χ2n) is 2.68. The highest BCUT2D eigenvalue weighted by atomic mass is 79.9. The molecule has 0 aliphatic rings. The Balaban J connectivity index is 2.76. The Bertz CT molecular complexity index is 523. The van der Waals surface area contributed by atoms with Crippen molar-refractivity contribution >= 4 is 44.5 Å². The summed E-state index contributed by atoms with van der Waals surface area (Å²) in [6.07, 6.45) is 0. The molecule has 6 heteroatoms. The highest BCUT2D eigenvalue weighted by Crippen LogP contribution is 2.24. The van der Waals surface area contributed by atoms with Gasteiger partial charge in [-0.3, -0.25) is 0 Å². The Labute approximate surface area is 92.0 Å². The first-order valence-electron chi connectivity index (χ1n) is 3.66. The second kappa shape index (κ2) is 3.25. The lowest BCUT2D eigenvalue weighted by molar-refractivity contribution is 0.0696. The monoisotopic (exact) mass is 274 g/mol. The van der Waals surface area contributed by atoms with Gasteiger partial charge in [0.2, 0.25) is 5.28 Å². The van der Waals surface area contributed by atoms with Gasteiger partial charge in [-0.2, -0.15) is 0 Å². The summed E-state index contributed by atoms with van der Waals surface area (Å²) in [6.45, 7) is 0. The average Bonchev–Trinajstić information content (AvgIpc) is 2.42. The third-order valence-electron chi connectivity index (χ3n) is 1.77. The van der Waals surface area contributed by atoms with E-state index in [-0.39, 0.29) is 10.8 Å². The number of carboxylic acids is 1. The smallest absolute Gasteiger partial charge is 0.336 e. The van der Waals surface area contributed by atoms with Crippen LogP contribution in [0.15, 0.2) is 16.6 Å². The summed E-state index contributed by atoms with van der Waals surface area (Å²) < 4.78 is 0.498. The van der Waals surface area contributed by atoms with Crippen molar-refractivity contribution in [1.82, 2.24) is 9.97 Å². The lowest BCUT2D eigenvalue weighted by Gasteiger charge is -1.97. The summed E-state index contributed by atoms with van der Waals surface area (Å²) in [5, 5.41) is 9.08. The summed E-state index contributed by atoms with van der Waals surface area (Å²) in [7, 11) is 0. The van der Waals surface area contributed by atoms with Gasteiger partial charge in [-0.25, -0.2) is 9.78 Å². The molecule has 0 fully saturated rings. The number of benzene rings is 1. The summed E-state index contributed by atoms with van der Waals surface area (Å²) >= 11 is 8.79. The van der Waals surface area contributed by atoms with E-state index >= 15 is 0 Å². The normalized spacial score (nSPS) is 10.7. The predicted molar refractivity (Wildman–Crippen MR) is 55.8 cm³/mol. The third-order valence-corrected chi connectivity index (χ3v) is 2.61. The van der Waals surface area contributed by atoms with Crippen LogP contribution in [0.25, 0.3) is 11.0 Å². The molecule has 1 aromatic carbocycles. The van der Waals surface area contributed by atoms with E-state index in [1.807, 2.05) is 0 Å². The van der Waals surface area contributed by atoms with Crippen molar-refractivity contribution in [2.75, 3.05) is 0 Å². The number of aromatic carboxylic acids is 1. The minimum atomic E-state index is -1.00. The lowest BCUT2D eigenvalue weighted by atomic mass is 10.2. The SMILES string of the molecule is O=C(O)c1cc2nc(Cl)[nH]c2cc1Br. The molecule has 0 aliphatic carbocycles. The fraction of sp³-hybridized carbons (Fsp3) is 0. The van der Waals surface area contributed by atoms with Crippen LogP contribution in [0.1, 0.15) is 10.4 Å². The molecule has 0 aliphatic heterocycles. The van der Waals surface area contributed by atoms with Crippen LogP contribution in [0.3, 0.4) is 0 Å². The Morgan fingerprint density at radius 1 is 1.57 bits per heavy atom. The molecule has 1 aromatic heterocycles. The number of hydrogen-bond acceptors (Lipinski definition) is 2. The van der Waals surface area contributed by atoms with Gasteiger partial charge in [0.1, 0.15) is 0 Å². The molecule has 14 heavy (non-hydrogen) atoms. The van der Waals surface area contributed by atoms with Crippen molar-refractivity contribution in [3.8, 4) is 0 Å². The summed E-state index contributed by atoms with van der Waals surface area (Å²) in [5.41, 5.74) is 1.41. The second-order valence-corrected chi connectivity index (χ2v) is 3.89. The van der Waals surface area contributed by atoms with E-state index in [1.54, 1.807) is 6.07 Å². The van der Waals surface area contributed by atoms with Gasteiger partial charge in [0.05, 0.1) is 16.6 Å². The largest absolute Gasteiger partial charge is 0.478 e. The first kappa shape index (κ1) is 9.48. The van der Waals surface area contributed by atoms with Gasteiger partial charge in [0.15, 0.2) is 0 Å². The van der Waals surface area contributed by atoms with Crippen molar-refractivity contribution < 1.29 is 9.90 Å². The van der Waals surface area contributed by atoms with Gasteiger partial charge in [0.25, 0.3) is 0 Å². The molecule has 2 aromatic rings. The van der Waals surface area contributed by atoms with Crippen LogP contribution in [0, 0.1) is 0 Å². The molecule has 4 nitrogen and oxygen atoms in total. The Hall–Kier alpha value is -1.07. The lowest BCUT2D eigenvalue weighted by Crippen LogP contribution is -1.97. The number of halogens is 2. The zero-order valence-corrected chi connectivity index (χ0v) is 9.06. The minimum Gasteiger partial charge on any atom is -0.478 e. The van der Waals surface area contributed by atoms with E-state index in [0.29, 0.717) is 15.5 Å². The molecule has 0 spiro atoms. The van der Waals surface area contributed by atoms with Gasteiger partial charge >= 0.3 is 5.97 Å². The maximum atomic E-state index is 10.8. The number of carbonyl (C=O) groups is 1. The molecule has 72 valence electrons. The van der Waals surface area contributed by atoms with Gasteiger partial charge in [0, 0.05) is 4.47 Å². The molecule has 2 rings (SSSR count). The minimum absolute atomic E-state index is 0.167. The van der Waals surface area contributed by atoms with Crippen molar-refractivity contribution in [2.45, 2.75) is 0 Å². The van der Waals surface area contributed by atoms with Gasteiger partial charge in [-0.05, 0) is 39.7 Å². The molecule has 0 unspecified atom stereocenters. The molecular weight excluding hydrogens is 271 g/mol. The predicted octanol–water partition coefficient (Wildman–Crippen LogP) is 2.68. The molecule has 0 saturated heterocycles. The average molecular weight is 275 g/mol. The van der Waals surface area contributed by atoms with E-state index in [1.165, 1.54) is 6.07 Å². The number of rotatable bonds is 1. The fourth-order valence-electron chi connectivity index (χ4n) is 1.16. The standard InChI is InChI=1S/C8H4BrClN2O2/c9-4-2-6-5(11-8(10)12-6)1-3(4)7(13)14/h1-2H,(H,11,12)(H,13,14). The van der Waals surface area contributed by atoms with E-state index in [4.69, 9.17) is 16.7 Å². The van der Waals surface area contributed by atoms with Crippen LogP contribution in [-0.4, -0.2) is 21.0 Å². The van der Waals surface area contributed by atoms with E-state index in [9.17, 15) is 4.79 Å². The number of aromatic nitrogens is 2. The van der Waals surface area contributed by atoms with Crippen LogP contribution >= 0.6 is 27.5 Å². The Morgan fingerprint density at radius 3 is 2.93 bits per heavy atom. The van der Waals surface area contributed by atoms with Gasteiger partial charge in [-0.15, -0.1) is 0 Å². The molecule has 0 saturated carbocycles. The maximum absolute atomic E-state index is 10.8. The van der Waals surface area contributed by atoms with E-state index in [0.717, 1.165) is 0 Å². The van der Waals surface area contributed by atoms with Gasteiger partial charge in [-0.1, -0.05) is 0 Å². The fourth-order valence-corrected chi connectivity index (χ4v) is 1.87. The summed E-state index contributed by atoms with van der Waals surface area (Å²) in [6, 6.07) is 3.10. The van der Waals surface area contributed by atoms with E-state index in [2.05, 4.69) is 25.9 Å². The van der Waals surface area contributed by atoms with Crippen LogP contribution in [0.4, 0.5) is 0 Å². The Morgan fingerprint density at radius 2 is 2.29 bits per heavy atom. The highest BCUT2D eigenvalue weighted by Gasteiger charge is 2.11.